The van der Waals surface area contributed by atoms with E-state index in [4.69, 9.17) is 0 Å². The van der Waals surface area contributed by atoms with E-state index in [1.165, 1.54) is 6.20 Å². The molecular formula is C20H19F2N5O. The average Bonchev–Trinajstić information content (AvgIpc) is 3.22. The number of rotatable bonds is 4. The Kier molecular flexibility index (Phi) is 4.64. The largest absolute Gasteiger partial charge is 0.507 e. The van der Waals surface area contributed by atoms with Crippen molar-refractivity contribution in [2.45, 2.75) is 12.3 Å². The highest BCUT2D eigenvalue weighted by Crippen LogP contribution is 2.38. The fraction of sp³-hybridized carbons (Fsp3) is 0.250. The molecule has 0 saturated carbocycles. The molecule has 2 N–H and O–H groups in total. The Morgan fingerprint density at radius 2 is 2.04 bits per heavy atom. The van der Waals surface area contributed by atoms with Crippen molar-refractivity contribution in [3.63, 3.8) is 0 Å². The Balaban J connectivity index is 1.57. The number of hydrogen-bond donors (Lipinski definition) is 2. The van der Waals surface area contributed by atoms with Crippen LogP contribution in [0.25, 0.3) is 22.5 Å². The molecule has 6 nitrogen and oxygen atoms in total. The maximum Gasteiger partial charge on any atom is 0.267 e. The molecule has 8 heteroatoms. The molecule has 1 aliphatic rings. The summed E-state index contributed by atoms with van der Waals surface area (Å²) in [6, 6.07) is 8.93. The van der Waals surface area contributed by atoms with E-state index in [1.807, 2.05) is 35.2 Å². The number of nitrogens with one attached hydrogen (secondary N) is 1. The number of aromatic nitrogens is 4. The molecule has 1 aliphatic heterocycles. The summed E-state index contributed by atoms with van der Waals surface area (Å²) >= 11 is 0. The molecule has 1 saturated heterocycles. The van der Waals surface area contributed by atoms with E-state index in [0.29, 0.717) is 17.8 Å². The van der Waals surface area contributed by atoms with Crippen molar-refractivity contribution in [1.29, 1.82) is 0 Å². The van der Waals surface area contributed by atoms with E-state index in [0.717, 1.165) is 5.69 Å². The van der Waals surface area contributed by atoms with Crippen LogP contribution in [0.4, 0.5) is 8.78 Å². The van der Waals surface area contributed by atoms with Gasteiger partial charge < -0.3 is 15.0 Å². The zero-order valence-electron chi connectivity index (χ0n) is 15.0. The second-order valence-corrected chi connectivity index (χ2v) is 6.76. The lowest BCUT2D eigenvalue weighted by Crippen LogP contribution is -2.46. The number of phenols is 1. The van der Waals surface area contributed by atoms with E-state index < -0.39 is 11.8 Å². The number of allylic oxidation sites excluding steroid dienone is 1. The molecule has 2 aromatic heterocycles. The Morgan fingerprint density at radius 1 is 1.25 bits per heavy atom. The van der Waals surface area contributed by atoms with Crippen LogP contribution in [0, 0.1) is 5.92 Å². The van der Waals surface area contributed by atoms with Gasteiger partial charge in [-0.1, -0.05) is 6.58 Å². The van der Waals surface area contributed by atoms with Gasteiger partial charge in [-0.05, 0) is 37.2 Å². The monoisotopic (exact) mass is 383 g/mol. The van der Waals surface area contributed by atoms with Crippen molar-refractivity contribution in [1.82, 2.24) is 25.1 Å². The van der Waals surface area contributed by atoms with E-state index >= 15 is 0 Å². The van der Waals surface area contributed by atoms with Gasteiger partial charge in [0.1, 0.15) is 11.4 Å². The van der Waals surface area contributed by atoms with Gasteiger partial charge in [-0.15, -0.1) is 10.2 Å². The second kappa shape index (κ2) is 7.12. The van der Waals surface area contributed by atoms with E-state index in [1.54, 1.807) is 12.1 Å². The Hall–Kier alpha value is -3.13. The van der Waals surface area contributed by atoms with Crippen LogP contribution in [0.1, 0.15) is 12.2 Å². The topological polar surface area (TPSA) is 75.9 Å². The van der Waals surface area contributed by atoms with Crippen molar-refractivity contribution in [3.8, 4) is 22.7 Å². The molecule has 1 aromatic carbocycles. The molecule has 0 radical (unpaired) electrons. The van der Waals surface area contributed by atoms with Crippen LogP contribution in [0.2, 0.25) is 0 Å². The lowest BCUT2D eigenvalue weighted by Gasteiger charge is -2.32. The number of aromatic hydroxyl groups is 1. The van der Waals surface area contributed by atoms with Crippen molar-refractivity contribution < 1.29 is 13.9 Å². The van der Waals surface area contributed by atoms with Crippen molar-refractivity contribution >= 4 is 5.57 Å². The number of alkyl halides is 2. The maximum atomic E-state index is 14.1. The Morgan fingerprint density at radius 3 is 2.68 bits per heavy atom. The van der Waals surface area contributed by atoms with Crippen LogP contribution < -0.4 is 5.32 Å². The molecule has 144 valence electrons. The third-order valence-electron chi connectivity index (χ3n) is 4.91. The number of benzene rings is 1. The summed E-state index contributed by atoms with van der Waals surface area (Å²) in [4.78, 5) is 4.17. The molecule has 28 heavy (non-hydrogen) atoms. The van der Waals surface area contributed by atoms with Crippen LogP contribution in [0.3, 0.4) is 0 Å². The lowest BCUT2D eigenvalue weighted by atomic mass is 9.87. The third-order valence-corrected chi connectivity index (χ3v) is 4.91. The predicted molar refractivity (Wildman–Crippen MR) is 101 cm³/mol. The molecule has 4 rings (SSSR count). The average molecular weight is 383 g/mol. The van der Waals surface area contributed by atoms with Gasteiger partial charge >= 0.3 is 0 Å². The standard InChI is InChI=1S/C20H19F2N5O/c1-13(16-6-7-23-12-20(16,21)22)19-24-11-17(25-26-19)15-5-4-14(10-18(15)28)27-8-2-3-9-27/h2-5,8-11,16,23,28H,1,6-7,12H2/t16-/m0/s1. The number of phenolic OH excluding ortho intramolecular Hbond substituents is 1. The molecule has 0 unspecified atom stereocenters. The van der Waals surface area contributed by atoms with Crippen molar-refractivity contribution in [2.24, 2.45) is 5.92 Å². The molecule has 1 fully saturated rings. The number of hydrogen-bond acceptors (Lipinski definition) is 5. The first kappa shape index (κ1) is 18.2. The molecule has 0 spiro atoms. The van der Waals surface area contributed by atoms with Crippen LogP contribution in [0.15, 0.2) is 55.5 Å². The summed E-state index contributed by atoms with van der Waals surface area (Å²) in [5.74, 6) is -3.79. The Labute approximate surface area is 160 Å². The minimum Gasteiger partial charge on any atom is -0.507 e. The molecule has 0 bridgehead atoms. The molecule has 3 aromatic rings. The number of nitrogens with zero attached hydrogens (tertiary/aromatic N) is 4. The highest BCUT2D eigenvalue weighted by atomic mass is 19.3. The van der Waals surface area contributed by atoms with E-state index in [2.05, 4.69) is 27.1 Å². The number of halogens is 2. The highest BCUT2D eigenvalue weighted by Gasteiger charge is 2.43. The van der Waals surface area contributed by atoms with Gasteiger partial charge in [0, 0.05) is 35.3 Å². The van der Waals surface area contributed by atoms with Crippen molar-refractivity contribution in [2.75, 3.05) is 13.1 Å². The smallest absolute Gasteiger partial charge is 0.267 e. The third kappa shape index (κ3) is 3.38. The van der Waals surface area contributed by atoms with Crippen LogP contribution in [-0.2, 0) is 0 Å². The number of piperidine rings is 1. The summed E-state index contributed by atoms with van der Waals surface area (Å²) in [7, 11) is 0. The van der Waals surface area contributed by atoms with Gasteiger partial charge in [0.25, 0.3) is 5.92 Å². The first-order chi connectivity index (χ1) is 13.5. The fourth-order valence-electron chi connectivity index (χ4n) is 3.37. The van der Waals surface area contributed by atoms with Gasteiger partial charge in [0.15, 0.2) is 5.82 Å². The fourth-order valence-corrected chi connectivity index (χ4v) is 3.37. The van der Waals surface area contributed by atoms with Gasteiger partial charge in [-0.3, -0.25) is 0 Å². The summed E-state index contributed by atoms with van der Waals surface area (Å²) in [5.41, 5.74) is 1.79. The quantitative estimate of drug-likeness (QED) is 0.723. The summed E-state index contributed by atoms with van der Waals surface area (Å²) < 4.78 is 30.1. The first-order valence-corrected chi connectivity index (χ1v) is 8.90. The second-order valence-electron chi connectivity index (χ2n) is 6.76. The van der Waals surface area contributed by atoms with Gasteiger partial charge in [-0.2, -0.15) is 0 Å². The normalized spacial score (nSPS) is 18.7. The summed E-state index contributed by atoms with van der Waals surface area (Å²) in [5, 5.41) is 21.1. The van der Waals surface area contributed by atoms with Crippen LogP contribution >= 0.6 is 0 Å². The summed E-state index contributed by atoms with van der Waals surface area (Å²) in [6.45, 7) is 3.89. The lowest BCUT2D eigenvalue weighted by molar-refractivity contribution is -0.0510. The van der Waals surface area contributed by atoms with Crippen LogP contribution in [0.5, 0.6) is 5.75 Å². The molecular weight excluding hydrogens is 364 g/mol. The minimum absolute atomic E-state index is 0.0266. The summed E-state index contributed by atoms with van der Waals surface area (Å²) in [6.07, 6.45) is 5.41. The SMILES string of the molecule is C=C(c1ncc(-c2ccc(-n3cccc3)cc2O)nn1)[C@@H]1CCNCC1(F)F. The first-order valence-electron chi connectivity index (χ1n) is 8.90. The Bertz CT molecular complexity index is 986. The zero-order chi connectivity index (χ0) is 19.7. The highest BCUT2D eigenvalue weighted by molar-refractivity contribution is 5.68. The van der Waals surface area contributed by atoms with Gasteiger partial charge in [-0.25, -0.2) is 13.8 Å². The van der Waals surface area contributed by atoms with Crippen LogP contribution in [-0.4, -0.2) is 43.9 Å². The molecule has 0 amide bonds. The minimum atomic E-state index is -2.90. The predicted octanol–water partition coefficient (Wildman–Crippen LogP) is 3.29. The van der Waals surface area contributed by atoms with E-state index in [9.17, 15) is 13.9 Å². The zero-order valence-corrected chi connectivity index (χ0v) is 15.0. The van der Waals surface area contributed by atoms with Gasteiger partial charge in [0.05, 0.1) is 18.7 Å². The van der Waals surface area contributed by atoms with Gasteiger partial charge in [0.2, 0.25) is 0 Å². The molecule has 3 heterocycles. The van der Waals surface area contributed by atoms with E-state index in [-0.39, 0.29) is 30.1 Å². The maximum absolute atomic E-state index is 14.1. The molecule has 0 aliphatic carbocycles. The molecule has 1 atom stereocenters. The van der Waals surface area contributed by atoms with Crippen molar-refractivity contribution in [3.05, 3.63) is 61.3 Å².